The fourth-order valence-corrected chi connectivity index (χ4v) is 1.93. The zero-order valence-corrected chi connectivity index (χ0v) is 8.90. The van der Waals surface area contributed by atoms with E-state index in [1.165, 1.54) is 0 Å². The maximum Gasteiger partial charge on any atom is 0.251 e. The van der Waals surface area contributed by atoms with Crippen molar-refractivity contribution in [1.82, 2.24) is 5.32 Å². The Bertz CT molecular complexity index is 346. The Balaban J connectivity index is 1.80. The van der Waals surface area contributed by atoms with E-state index in [0.29, 0.717) is 11.6 Å². The van der Waals surface area contributed by atoms with E-state index in [-0.39, 0.29) is 18.9 Å². The lowest BCUT2D eigenvalue weighted by Crippen LogP contribution is -2.48. The Labute approximate surface area is 92.4 Å². The lowest BCUT2D eigenvalue weighted by atomic mass is 9.88. The normalized spacial score (nSPS) is 19.9. The standard InChI is InChI=1S/C11H12ClF2N/c12-9-3-1-2-8(4-9)7-15-10-5-11(13,14)6-10/h1-4,10,15H,5-7H2. The predicted molar refractivity (Wildman–Crippen MR) is 56.3 cm³/mol. The first-order chi connectivity index (χ1) is 7.05. The van der Waals surface area contributed by atoms with E-state index in [2.05, 4.69) is 5.32 Å². The Morgan fingerprint density at radius 3 is 2.73 bits per heavy atom. The summed E-state index contributed by atoms with van der Waals surface area (Å²) in [6.07, 6.45) is -0.0961. The smallest absolute Gasteiger partial charge is 0.251 e. The van der Waals surface area contributed by atoms with Crippen molar-refractivity contribution in [2.45, 2.75) is 31.4 Å². The third-order valence-electron chi connectivity index (χ3n) is 2.57. The third kappa shape index (κ3) is 2.89. The van der Waals surface area contributed by atoms with Crippen molar-refractivity contribution in [2.75, 3.05) is 0 Å². The van der Waals surface area contributed by atoms with Gasteiger partial charge in [-0.3, -0.25) is 0 Å². The lowest BCUT2D eigenvalue weighted by Gasteiger charge is -2.35. The van der Waals surface area contributed by atoms with Gasteiger partial charge in [0.15, 0.2) is 0 Å². The highest BCUT2D eigenvalue weighted by Gasteiger charge is 2.44. The van der Waals surface area contributed by atoms with Crippen LogP contribution in [0.25, 0.3) is 0 Å². The second kappa shape index (κ2) is 4.06. The summed E-state index contributed by atoms with van der Waals surface area (Å²) in [5, 5.41) is 3.75. The Hall–Kier alpha value is -0.670. The Kier molecular flexibility index (Phi) is 2.94. The van der Waals surface area contributed by atoms with E-state index in [0.717, 1.165) is 5.56 Å². The average molecular weight is 232 g/mol. The van der Waals surface area contributed by atoms with Gasteiger partial charge in [-0.1, -0.05) is 23.7 Å². The highest BCUT2D eigenvalue weighted by Crippen LogP contribution is 2.37. The molecular formula is C11H12ClF2N. The monoisotopic (exact) mass is 231 g/mol. The van der Waals surface area contributed by atoms with E-state index < -0.39 is 5.92 Å². The van der Waals surface area contributed by atoms with Crippen molar-refractivity contribution < 1.29 is 8.78 Å². The second-order valence-electron chi connectivity index (χ2n) is 3.97. The van der Waals surface area contributed by atoms with E-state index in [1.54, 1.807) is 6.07 Å². The molecular weight excluding hydrogens is 220 g/mol. The summed E-state index contributed by atoms with van der Waals surface area (Å²) in [4.78, 5) is 0. The molecule has 0 spiro atoms. The Morgan fingerprint density at radius 1 is 1.40 bits per heavy atom. The van der Waals surface area contributed by atoms with Gasteiger partial charge in [-0.25, -0.2) is 8.78 Å². The molecule has 1 aromatic rings. The molecule has 0 aromatic heterocycles. The summed E-state index contributed by atoms with van der Waals surface area (Å²) in [5.74, 6) is -2.45. The average Bonchev–Trinajstić information content (AvgIpc) is 2.11. The largest absolute Gasteiger partial charge is 0.309 e. The molecule has 82 valence electrons. The number of halogens is 3. The molecule has 1 nitrogen and oxygen atoms in total. The number of nitrogens with one attached hydrogen (secondary N) is 1. The number of alkyl halides is 2. The molecule has 1 aliphatic rings. The van der Waals surface area contributed by atoms with Gasteiger partial charge in [0.05, 0.1) is 0 Å². The molecule has 0 heterocycles. The number of benzene rings is 1. The van der Waals surface area contributed by atoms with Gasteiger partial charge in [-0.15, -0.1) is 0 Å². The molecule has 1 aliphatic carbocycles. The van der Waals surface area contributed by atoms with Crippen LogP contribution in [0.15, 0.2) is 24.3 Å². The number of hydrogen-bond acceptors (Lipinski definition) is 1. The summed E-state index contributed by atoms with van der Waals surface area (Å²) >= 11 is 5.81. The fraction of sp³-hybridized carbons (Fsp3) is 0.455. The van der Waals surface area contributed by atoms with Crippen LogP contribution >= 0.6 is 11.6 Å². The van der Waals surface area contributed by atoms with Gasteiger partial charge < -0.3 is 5.32 Å². The molecule has 0 atom stereocenters. The zero-order chi connectivity index (χ0) is 10.9. The third-order valence-corrected chi connectivity index (χ3v) is 2.81. The Morgan fingerprint density at radius 2 is 2.13 bits per heavy atom. The molecule has 1 saturated carbocycles. The van der Waals surface area contributed by atoms with Crippen LogP contribution in [0, 0.1) is 0 Å². The van der Waals surface area contributed by atoms with Crippen LogP contribution in [0.2, 0.25) is 5.02 Å². The van der Waals surface area contributed by atoms with Crippen LogP contribution in [0.3, 0.4) is 0 Å². The first-order valence-corrected chi connectivity index (χ1v) is 5.29. The lowest BCUT2D eigenvalue weighted by molar-refractivity contribution is -0.0930. The van der Waals surface area contributed by atoms with Gasteiger partial charge in [0.1, 0.15) is 0 Å². The van der Waals surface area contributed by atoms with Crippen molar-refractivity contribution >= 4 is 11.6 Å². The molecule has 4 heteroatoms. The maximum absolute atomic E-state index is 12.5. The molecule has 0 bridgehead atoms. The second-order valence-corrected chi connectivity index (χ2v) is 4.41. The molecule has 1 fully saturated rings. The van der Waals surface area contributed by atoms with Crippen LogP contribution in [0.4, 0.5) is 8.78 Å². The molecule has 0 radical (unpaired) electrons. The molecule has 0 unspecified atom stereocenters. The van der Waals surface area contributed by atoms with Crippen molar-refractivity contribution in [2.24, 2.45) is 0 Å². The first-order valence-electron chi connectivity index (χ1n) is 4.91. The number of rotatable bonds is 3. The summed E-state index contributed by atoms with van der Waals surface area (Å²) < 4.78 is 25.0. The molecule has 1 aromatic carbocycles. The van der Waals surface area contributed by atoms with Gasteiger partial charge in [0, 0.05) is 30.5 Å². The van der Waals surface area contributed by atoms with Crippen LogP contribution < -0.4 is 5.32 Å². The van der Waals surface area contributed by atoms with Crippen LogP contribution in [0.1, 0.15) is 18.4 Å². The molecule has 0 amide bonds. The molecule has 0 saturated heterocycles. The van der Waals surface area contributed by atoms with E-state index >= 15 is 0 Å². The van der Waals surface area contributed by atoms with Crippen molar-refractivity contribution in [1.29, 1.82) is 0 Å². The fourth-order valence-electron chi connectivity index (χ4n) is 1.71. The first kappa shape index (κ1) is 10.8. The van der Waals surface area contributed by atoms with Crippen molar-refractivity contribution in [3.8, 4) is 0 Å². The summed E-state index contributed by atoms with van der Waals surface area (Å²) in [7, 11) is 0. The predicted octanol–water partition coefficient (Wildman–Crippen LogP) is 3.23. The maximum atomic E-state index is 12.5. The minimum Gasteiger partial charge on any atom is -0.309 e. The van der Waals surface area contributed by atoms with E-state index in [4.69, 9.17) is 11.6 Å². The zero-order valence-electron chi connectivity index (χ0n) is 8.14. The molecule has 2 rings (SSSR count). The molecule has 15 heavy (non-hydrogen) atoms. The van der Waals surface area contributed by atoms with Gasteiger partial charge in [-0.2, -0.15) is 0 Å². The quantitative estimate of drug-likeness (QED) is 0.842. The SMILES string of the molecule is FC1(F)CC(NCc2cccc(Cl)c2)C1. The molecule has 1 N–H and O–H groups in total. The summed E-state index contributed by atoms with van der Waals surface area (Å²) in [6.45, 7) is 0.599. The number of hydrogen-bond donors (Lipinski definition) is 1. The van der Waals surface area contributed by atoms with Crippen molar-refractivity contribution in [3.05, 3.63) is 34.9 Å². The minimum absolute atomic E-state index is 0.0480. The highest BCUT2D eigenvalue weighted by atomic mass is 35.5. The van der Waals surface area contributed by atoms with Gasteiger partial charge in [0.25, 0.3) is 5.92 Å². The van der Waals surface area contributed by atoms with Crippen LogP contribution in [0.5, 0.6) is 0 Å². The van der Waals surface area contributed by atoms with E-state index in [9.17, 15) is 8.78 Å². The summed E-state index contributed by atoms with van der Waals surface area (Å²) in [6, 6.07) is 7.36. The van der Waals surface area contributed by atoms with Crippen LogP contribution in [-0.4, -0.2) is 12.0 Å². The van der Waals surface area contributed by atoms with Gasteiger partial charge in [-0.05, 0) is 17.7 Å². The van der Waals surface area contributed by atoms with Crippen LogP contribution in [-0.2, 0) is 6.54 Å². The topological polar surface area (TPSA) is 12.0 Å². The van der Waals surface area contributed by atoms with E-state index in [1.807, 2.05) is 18.2 Å². The van der Waals surface area contributed by atoms with Gasteiger partial charge >= 0.3 is 0 Å². The van der Waals surface area contributed by atoms with Gasteiger partial charge in [0.2, 0.25) is 0 Å². The minimum atomic E-state index is -2.45. The summed E-state index contributed by atoms with van der Waals surface area (Å²) in [5.41, 5.74) is 1.03. The van der Waals surface area contributed by atoms with Crippen molar-refractivity contribution in [3.63, 3.8) is 0 Å². The molecule has 0 aliphatic heterocycles. The highest BCUT2D eigenvalue weighted by molar-refractivity contribution is 6.30.